The Bertz CT molecular complexity index is 878. The second kappa shape index (κ2) is 7.67. The predicted molar refractivity (Wildman–Crippen MR) is 99.9 cm³/mol. The highest BCUT2D eigenvalue weighted by Gasteiger charge is 2.39. The number of hydrogen-bond donors (Lipinski definition) is 0. The SMILES string of the molecule is O=C([C@H]1CCC([N+](=O)[O-])CO1)N1CCc2ccccc2[C@@H]1c1ccc(F)cc1. The van der Waals surface area contributed by atoms with E-state index in [-0.39, 0.29) is 29.3 Å². The highest BCUT2D eigenvalue weighted by molar-refractivity contribution is 5.82. The van der Waals surface area contributed by atoms with Gasteiger partial charge in [0.1, 0.15) is 18.5 Å². The normalized spacial score (nSPS) is 24.5. The molecule has 1 fully saturated rings. The average Bonchev–Trinajstić information content (AvgIpc) is 2.73. The highest BCUT2D eigenvalue weighted by Crippen LogP contribution is 2.36. The van der Waals surface area contributed by atoms with Crippen molar-refractivity contribution in [2.75, 3.05) is 13.2 Å². The summed E-state index contributed by atoms with van der Waals surface area (Å²) in [6.45, 7) is 0.478. The van der Waals surface area contributed by atoms with Gasteiger partial charge in [-0.25, -0.2) is 4.39 Å². The summed E-state index contributed by atoms with van der Waals surface area (Å²) in [5, 5.41) is 10.9. The molecule has 1 unspecified atom stereocenters. The number of hydrogen-bond acceptors (Lipinski definition) is 4. The first-order valence-electron chi connectivity index (χ1n) is 9.43. The Hall–Kier alpha value is -2.80. The molecular formula is C21H21FN2O4. The molecule has 3 atom stereocenters. The molecule has 0 bridgehead atoms. The molecule has 2 aliphatic rings. The van der Waals surface area contributed by atoms with Crippen molar-refractivity contribution in [2.24, 2.45) is 0 Å². The Labute approximate surface area is 162 Å². The van der Waals surface area contributed by atoms with Gasteiger partial charge in [-0.2, -0.15) is 0 Å². The van der Waals surface area contributed by atoms with Crippen molar-refractivity contribution in [3.8, 4) is 0 Å². The first-order valence-corrected chi connectivity index (χ1v) is 9.43. The number of benzene rings is 2. The van der Waals surface area contributed by atoms with Gasteiger partial charge >= 0.3 is 0 Å². The third kappa shape index (κ3) is 3.49. The molecule has 0 saturated carbocycles. The van der Waals surface area contributed by atoms with Crippen molar-refractivity contribution in [2.45, 2.75) is 37.5 Å². The van der Waals surface area contributed by atoms with E-state index < -0.39 is 12.1 Å². The summed E-state index contributed by atoms with van der Waals surface area (Å²) in [7, 11) is 0. The largest absolute Gasteiger partial charge is 0.361 e. The molecule has 0 radical (unpaired) electrons. The molecule has 7 heteroatoms. The van der Waals surface area contributed by atoms with Gasteiger partial charge < -0.3 is 9.64 Å². The lowest BCUT2D eigenvalue weighted by Crippen LogP contribution is -2.49. The molecule has 6 nitrogen and oxygen atoms in total. The number of fused-ring (bicyclic) bond motifs is 1. The summed E-state index contributed by atoms with van der Waals surface area (Å²) < 4.78 is 19.0. The van der Waals surface area contributed by atoms with E-state index in [1.807, 2.05) is 24.3 Å². The molecule has 2 heterocycles. The minimum Gasteiger partial charge on any atom is -0.361 e. The predicted octanol–water partition coefficient (Wildman–Crippen LogP) is 3.12. The molecule has 2 aromatic rings. The van der Waals surface area contributed by atoms with Gasteiger partial charge in [-0.15, -0.1) is 0 Å². The summed E-state index contributed by atoms with van der Waals surface area (Å²) >= 11 is 0. The first kappa shape index (κ1) is 18.6. The van der Waals surface area contributed by atoms with Gasteiger partial charge in [0.15, 0.2) is 0 Å². The van der Waals surface area contributed by atoms with E-state index in [0.29, 0.717) is 19.4 Å². The standard InChI is InChI=1S/C21H21FN2O4/c22-16-7-5-15(6-8-16)20-18-4-2-1-3-14(18)11-12-23(20)21(25)19-10-9-17(13-28-19)24(26)27/h1-8,17,19-20H,9-13H2/t17?,19-,20+/m1/s1. The zero-order valence-electron chi connectivity index (χ0n) is 15.3. The van der Waals surface area contributed by atoms with Crippen molar-refractivity contribution < 1.29 is 18.8 Å². The summed E-state index contributed by atoms with van der Waals surface area (Å²) in [6, 6.07) is 13.1. The number of nitrogens with zero attached hydrogens (tertiary/aromatic N) is 2. The van der Waals surface area contributed by atoms with E-state index in [1.165, 1.54) is 17.7 Å². The molecule has 2 aliphatic heterocycles. The van der Waals surface area contributed by atoms with E-state index >= 15 is 0 Å². The van der Waals surface area contributed by atoms with Gasteiger partial charge in [0.2, 0.25) is 6.04 Å². The van der Waals surface area contributed by atoms with E-state index in [1.54, 1.807) is 17.0 Å². The van der Waals surface area contributed by atoms with Crippen LogP contribution < -0.4 is 0 Å². The first-order chi connectivity index (χ1) is 13.5. The number of rotatable bonds is 3. The molecule has 2 aromatic carbocycles. The van der Waals surface area contributed by atoms with Crippen LogP contribution in [0.15, 0.2) is 48.5 Å². The molecule has 4 rings (SSSR count). The van der Waals surface area contributed by atoms with Crippen molar-refractivity contribution in [1.29, 1.82) is 0 Å². The van der Waals surface area contributed by atoms with Gasteiger partial charge in [-0.1, -0.05) is 36.4 Å². The molecule has 0 aromatic heterocycles. The maximum Gasteiger partial charge on any atom is 0.252 e. The monoisotopic (exact) mass is 384 g/mol. The molecule has 0 spiro atoms. The zero-order valence-corrected chi connectivity index (χ0v) is 15.3. The Balaban J connectivity index is 1.63. The fourth-order valence-corrected chi connectivity index (χ4v) is 4.09. The van der Waals surface area contributed by atoms with Gasteiger partial charge in [0.05, 0.1) is 6.04 Å². The van der Waals surface area contributed by atoms with Crippen LogP contribution in [0.25, 0.3) is 0 Å². The molecule has 146 valence electrons. The Kier molecular flexibility index (Phi) is 5.09. The van der Waals surface area contributed by atoms with Crippen molar-refractivity contribution in [1.82, 2.24) is 4.90 Å². The van der Waals surface area contributed by atoms with Gasteiger partial charge in [-0.3, -0.25) is 14.9 Å². The second-order valence-electron chi connectivity index (χ2n) is 7.27. The van der Waals surface area contributed by atoms with E-state index in [0.717, 1.165) is 17.5 Å². The third-order valence-electron chi connectivity index (χ3n) is 5.58. The molecule has 0 N–H and O–H groups in total. The van der Waals surface area contributed by atoms with Crippen LogP contribution in [0.3, 0.4) is 0 Å². The zero-order chi connectivity index (χ0) is 19.7. The average molecular weight is 384 g/mol. The Morgan fingerprint density at radius 2 is 1.89 bits per heavy atom. The van der Waals surface area contributed by atoms with Gasteiger partial charge in [0, 0.05) is 17.9 Å². The minimum atomic E-state index is -0.751. The number of carbonyl (C=O) groups excluding carboxylic acids is 1. The van der Waals surface area contributed by atoms with E-state index in [2.05, 4.69) is 0 Å². The lowest BCUT2D eigenvalue weighted by atomic mass is 9.87. The van der Waals surface area contributed by atoms with Crippen LogP contribution in [0, 0.1) is 15.9 Å². The molecule has 0 aliphatic carbocycles. The van der Waals surface area contributed by atoms with Crippen molar-refractivity contribution in [3.05, 3.63) is 81.2 Å². The summed E-state index contributed by atoms with van der Waals surface area (Å²) in [5.41, 5.74) is 3.02. The lowest BCUT2D eigenvalue weighted by Gasteiger charge is -2.40. The smallest absolute Gasteiger partial charge is 0.252 e. The van der Waals surface area contributed by atoms with Gasteiger partial charge in [0.25, 0.3) is 5.91 Å². The molecule has 1 amide bonds. The highest BCUT2D eigenvalue weighted by atomic mass is 19.1. The topological polar surface area (TPSA) is 72.7 Å². The van der Waals surface area contributed by atoms with E-state index in [9.17, 15) is 19.3 Å². The Morgan fingerprint density at radius 1 is 1.14 bits per heavy atom. The van der Waals surface area contributed by atoms with Crippen LogP contribution in [-0.4, -0.2) is 41.0 Å². The molecule has 28 heavy (non-hydrogen) atoms. The Morgan fingerprint density at radius 3 is 2.57 bits per heavy atom. The van der Waals surface area contributed by atoms with Crippen molar-refractivity contribution in [3.63, 3.8) is 0 Å². The van der Waals surface area contributed by atoms with Gasteiger partial charge in [-0.05, 0) is 41.7 Å². The third-order valence-corrected chi connectivity index (χ3v) is 5.58. The minimum absolute atomic E-state index is 0.0466. The van der Waals surface area contributed by atoms with Crippen LogP contribution >= 0.6 is 0 Å². The van der Waals surface area contributed by atoms with E-state index in [4.69, 9.17) is 4.74 Å². The van der Waals surface area contributed by atoms with Crippen molar-refractivity contribution >= 4 is 5.91 Å². The molecule has 1 saturated heterocycles. The summed E-state index contributed by atoms with van der Waals surface area (Å²) in [4.78, 5) is 25.6. The maximum atomic E-state index is 13.4. The fraction of sp³-hybridized carbons (Fsp3) is 0.381. The number of nitro groups is 1. The number of halogens is 1. The van der Waals surface area contributed by atoms with Crippen LogP contribution in [0.2, 0.25) is 0 Å². The van der Waals surface area contributed by atoms with Crippen LogP contribution in [0.1, 0.15) is 35.6 Å². The fourth-order valence-electron chi connectivity index (χ4n) is 4.09. The van der Waals surface area contributed by atoms with Crippen LogP contribution in [0.4, 0.5) is 4.39 Å². The van der Waals surface area contributed by atoms with Crippen LogP contribution in [-0.2, 0) is 16.0 Å². The second-order valence-corrected chi connectivity index (χ2v) is 7.27. The summed E-state index contributed by atoms with van der Waals surface area (Å²) in [6.07, 6.45) is 0.710. The lowest BCUT2D eigenvalue weighted by molar-refractivity contribution is -0.532. The number of ether oxygens (including phenoxy) is 1. The molecular weight excluding hydrogens is 363 g/mol. The quantitative estimate of drug-likeness (QED) is 0.602. The number of amides is 1. The summed E-state index contributed by atoms with van der Waals surface area (Å²) in [5.74, 6) is -0.488. The maximum absolute atomic E-state index is 13.4. The van der Waals surface area contributed by atoms with Crippen LogP contribution in [0.5, 0.6) is 0 Å². The number of carbonyl (C=O) groups is 1.